The van der Waals surface area contributed by atoms with Gasteiger partial charge in [-0.3, -0.25) is 9.48 Å². The van der Waals surface area contributed by atoms with Gasteiger partial charge in [-0.25, -0.2) is 4.39 Å². The Morgan fingerprint density at radius 3 is 2.42 bits per heavy atom. The van der Waals surface area contributed by atoms with Gasteiger partial charge in [0.15, 0.2) is 17.4 Å². The quantitative estimate of drug-likeness (QED) is 0.564. The monoisotopic (exact) mass is 436 g/mol. The van der Waals surface area contributed by atoms with Crippen molar-refractivity contribution >= 4 is 17.4 Å². The second-order valence-corrected chi connectivity index (χ2v) is 7.00. The van der Waals surface area contributed by atoms with Crippen LogP contribution in [0, 0.1) is 5.82 Å². The largest absolute Gasteiger partial charge is 0.573 e. The maximum absolute atomic E-state index is 13.5. The first-order chi connectivity index (χ1) is 14.6. The van der Waals surface area contributed by atoms with Crippen molar-refractivity contribution in [2.45, 2.75) is 19.3 Å². The van der Waals surface area contributed by atoms with E-state index in [2.05, 4.69) is 15.2 Å². The molecule has 0 unspecified atom stereocenters. The summed E-state index contributed by atoms with van der Waals surface area (Å²) >= 11 is 0. The summed E-state index contributed by atoms with van der Waals surface area (Å²) in [7, 11) is 3.85. The molecule has 0 saturated carbocycles. The van der Waals surface area contributed by atoms with Gasteiger partial charge in [0.1, 0.15) is 0 Å². The number of amides is 1. The number of hydrogen-bond donors (Lipinski definition) is 1. The Morgan fingerprint density at radius 1 is 1.10 bits per heavy atom. The summed E-state index contributed by atoms with van der Waals surface area (Å²) in [4.78, 5) is 14.2. The fourth-order valence-electron chi connectivity index (χ4n) is 2.84. The maximum Gasteiger partial charge on any atom is 0.573 e. The smallest absolute Gasteiger partial charge is 0.403 e. The summed E-state index contributed by atoms with van der Waals surface area (Å²) in [6.07, 6.45) is -3.28. The number of rotatable bonds is 7. The van der Waals surface area contributed by atoms with E-state index in [0.29, 0.717) is 11.4 Å². The fraction of sp³-hybridized carbons (Fsp3) is 0.238. The third-order valence-corrected chi connectivity index (χ3v) is 4.29. The molecule has 164 valence electrons. The van der Waals surface area contributed by atoms with E-state index in [1.807, 2.05) is 43.3 Å². The Labute approximate surface area is 176 Å². The minimum Gasteiger partial charge on any atom is -0.403 e. The molecule has 0 saturated heterocycles. The van der Waals surface area contributed by atoms with E-state index in [4.69, 9.17) is 0 Å². The van der Waals surface area contributed by atoms with Crippen molar-refractivity contribution in [3.8, 4) is 5.75 Å². The summed E-state index contributed by atoms with van der Waals surface area (Å²) < 4.78 is 55.7. The van der Waals surface area contributed by atoms with Crippen LogP contribution in [0.4, 0.5) is 29.1 Å². The molecule has 0 bridgehead atoms. The van der Waals surface area contributed by atoms with E-state index >= 15 is 0 Å². The van der Waals surface area contributed by atoms with E-state index in [-0.39, 0.29) is 18.9 Å². The van der Waals surface area contributed by atoms with Crippen molar-refractivity contribution in [1.82, 2.24) is 9.78 Å². The van der Waals surface area contributed by atoms with Crippen LogP contribution in [0.2, 0.25) is 0 Å². The van der Waals surface area contributed by atoms with E-state index < -0.39 is 17.9 Å². The molecule has 0 aliphatic rings. The molecule has 0 spiro atoms. The molecule has 1 aromatic heterocycles. The molecule has 3 aromatic rings. The first-order valence-electron chi connectivity index (χ1n) is 9.23. The van der Waals surface area contributed by atoms with E-state index in [1.165, 1.54) is 10.7 Å². The van der Waals surface area contributed by atoms with Crippen LogP contribution < -0.4 is 15.0 Å². The molecule has 10 heteroatoms. The summed E-state index contributed by atoms with van der Waals surface area (Å²) in [6, 6.07) is 12.3. The lowest BCUT2D eigenvalue weighted by molar-refractivity contribution is -0.275. The Bertz CT molecular complexity index is 1050. The zero-order valence-corrected chi connectivity index (χ0v) is 16.8. The van der Waals surface area contributed by atoms with Crippen LogP contribution in [0.15, 0.2) is 54.7 Å². The molecule has 1 amide bonds. The van der Waals surface area contributed by atoms with Crippen LogP contribution in [0.5, 0.6) is 5.75 Å². The SMILES string of the molecule is CN(C)c1ccc(CC(=O)Nc2ccn(Cc3ccc(F)c(OC(F)(F)F)c3)n2)cc1. The number of benzene rings is 2. The van der Waals surface area contributed by atoms with Gasteiger partial charge in [0.05, 0.1) is 13.0 Å². The number of halogens is 4. The van der Waals surface area contributed by atoms with Crippen LogP contribution >= 0.6 is 0 Å². The molecule has 0 fully saturated rings. The van der Waals surface area contributed by atoms with Crippen LogP contribution in [0.1, 0.15) is 11.1 Å². The minimum absolute atomic E-state index is 0.0658. The summed E-state index contributed by atoms with van der Waals surface area (Å²) in [5, 5.41) is 6.84. The molecule has 0 aliphatic heterocycles. The molecule has 31 heavy (non-hydrogen) atoms. The normalized spacial score (nSPS) is 11.3. The second-order valence-electron chi connectivity index (χ2n) is 7.00. The lowest BCUT2D eigenvalue weighted by Gasteiger charge is -2.12. The van der Waals surface area contributed by atoms with Crippen LogP contribution in [0.3, 0.4) is 0 Å². The van der Waals surface area contributed by atoms with Crippen LogP contribution in [-0.4, -0.2) is 36.1 Å². The predicted molar refractivity (Wildman–Crippen MR) is 108 cm³/mol. The van der Waals surface area contributed by atoms with E-state index in [0.717, 1.165) is 23.4 Å². The molecule has 0 aliphatic carbocycles. The number of nitrogens with one attached hydrogen (secondary N) is 1. The summed E-state index contributed by atoms with van der Waals surface area (Å²) in [5.74, 6) is -1.99. The Hall–Kier alpha value is -3.56. The molecule has 6 nitrogen and oxygen atoms in total. The highest BCUT2D eigenvalue weighted by atomic mass is 19.4. The van der Waals surface area contributed by atoms with E-state index in [9.17, 15) is 22.4 Å². The number of carbonyl (C=O) groups is 1. The first-order valence-corrected chi connectivity index (χ1v) is 9.23. The number of alkyl halides is 3. The molecule has 1 heterocycles. The topological polar surface area (TPSA) is 59.4 Å². The predicted octanol–water partition coefficient (Wildman–Crippen LogP) is 4.22. The summed E-state index contributed by atoms with van der Waals surface area (Å²) in [6.45, 7) is 0.0658. The molecular weight excluding hydrogens is 416 g/mol. The van der Waals surface area contributed by atoms with Gasteiger partial charge in [-0.2, -0.15) is 5.10 Å². The summed E-state index contributed by atoms with van der Waals surface area (Å²) in [5.41, 5.74) is 2.21. The van der Waals surface area contributed by atoms with Crippen molar-refractivity contribution < 1.29 is 27.1 Å². The average molecular weight is 436 g/mol. The molecule has 0 atom stereocenters. The van der Waals surface area contributed by atoms with Gasteiger partial charge in [0.2, 0.25) is 5.91 Å². The van der Waals surface area contributed by atoms with Gasteiger partial charge in [-0.05, 0) is 35.4 Å². The third-order valence-electron chi connectivity index (χ3n) is 4.29. The average Bonchev–Trinajstić information content (AvgIpc) is 3.10. The number of carbonyl (C=O) groups excluding carboxylic acids is 1. The van der Waals surface area contributed by atoms with Crippen molar-refractivity contribution in [2.75, 3.05) is 24.3 Å². The number of ether oxygens (including phenoxy) is 1. The third kappa shape index (κ3) is 6.46. The Morgan fingerprint density at radius 2 is 1.77 bits per heavy atom. The fourth-order valence-corrected chi connectivity index (χ4v) is 2.84. The lowest BCUT2D eigenvalue weighted by atomic mass is 10.1. The molecule has 1 N–H and O–H groups in total. The van der Waals surface area contributed by atoms with Crippen molar-refractivity contribution in [3.05, 3.63) is 71.7 Å². The highest BCUT2D eigenvalue weighted by molar-refractivity contribution is 5.91. The van der Waals surface area contributed by atoms with Gasteiger partial charge in [-0.15, -0.1) is 13.2 Å². The minimum atomic E-state index is -4.99. The van der Waals surface area contributed by atoms with Crippen molar-refractivity contribution in [1.29, 1.82) is 0 Å². The highest BCUT2D eigenvalue weighted by Crippen LogP contribution is 2.26. The van der Waals surface area contributed by atoms with Gasteiger partial charge in [0, 0.05) is 32.0 Å². The van der Waals surface area contributed by atoms with Gasteiger partial charge < -0.3 is 15.0 Å². The van der Waals surface area contributed by atoms with Crippen molar-refractivity contribution in [3.63, 3.8) is 0 Å². The van der Waals surface area contributed by atoms with Gasteiger partial charge >= 0.3 is 6.36 Å². The number of aromatic nitrogens is 2. The number of nitrogens with zero attached hydrogens (tertiary/aromatic N) is 3. The van der Waals surface area contributed by atoms with Gasteiger partial charge in [0.25, 0.3) is 0 Å². The number of anilines is 2. The Kier molecular flexibility index (Phi) is 6.47. The zero-order valence-electron chi connectivity index (χ0n) is 16.8. The first kappa shape index (κ1) is 22.1. The number of hydrogen-bond acceptors (Lipinski definition) is 4. The standard InChI is InChI=1S/C21H20F4N4O2/c1-28(2)16-6-3-14(4-7-16)12-20(30)26-19-9-10-29(27-19)13-15-5-8-17(22)18(11-15)31-21(23,24)25/h3-11H,12-13H2,1-2H3,(H,26,27,30). The Balaban J connectivity index is 1.60. The molecule has 2 aromatic carbocycles. The molecular formula is C21H20F4N4O2. The zero-order chi connectivity index (χ0) is 22.6. The highest BCUT2D eigenvalue weighted by Gasteiger charge is 2.32. The van der Waals surface area contributed by atoms with Crippen molar-refractivity contribution in [2.24, 2.45) is 0 Å². The van der Waals surface area contributed by atoms with E-state index in [1.54, 1.807) is 12.3 Å². The van der Waals surface area contributed by atoms with Crippen LogP contribution in [0.25, 0.3) is 0 Å². The molecule has 3 rings (SSSR count). The maximum atomic E-state index is 13.5. The second kappa shape index (κ2) is 9.07. The van der Waals surface area contributed by atoms with Gasteiger partial charge in [-0.1, -0.05) is 18.2 Å². The molecule has 0 radical (unpaired) electrons. The van der Waals surface area contributed by atoms with Crippen LogP contribution in [-0.2, 0) is 17.8 Å². The lowest BCUT2D eigenvalue weighted by Crippen LogP contribution is -2.18.